The number of rotatable bonds is 4. The maximum atomic E-state index is 13.2. The van der Waals surface area contributed by atoms with E-state index in [9.17, 15) is 9.59 Å². The Bertz CT molecular complexity index is 1080. The summed E-state index contributed by atoms with van der Waals surface area (Å²) in [5.74, 6) is 0.138. The molecule has 4 rings (SSSR count). The lowest BCUT2D eigenvalue weighted by atomic mass is 9.88. The summed E-state index contributed by atoms with van der Waals surface area (Å²) in [4.78, 5) is 27.2. The summed E-state index contributed by atoms with van der Waals surface area (Å²) in [7, 11) is 1.72. The molecule has 0 saturated carbocycles. The minimum Gasteiger partial charge on any atom is -0.322 e. The third-order valence-electron chi connectivity index (χ3n) is 5.30. The highest BCUT2D eigenvalue weighted by Crippen LogP contribution is 2.40. The van der Waals surface area contributed by atoms with Crippen molar-refractivity contribution in [3.8, 4) is 0 Å². The number of hydrogen-bond acceptors (Lipinski definition) is 4. The number of amides is 2. The summed E-state index contributed by atoms with van der Waals surface area (Å²) in [5, 5.41) is 10.6. The molecule has 150 valence electrons. The van der Waals surface area contributed by atoms with E-state index in [4.69, 9.17) is 0 Å². The largest absolute Gasteiger partial charge is 0.322 e. The van der Waals surface area contributed by atoms with Gasteiger partial charge in [-0.15, -0.1) is 11.3 Å². The van der Waals surface area contributed by atoms with Crippen LogP contribution in [0.4, 0.5) is 10.7 Å². The minimum atomic E-state index is -0.263. The lowest BCUT2D eigenvalue weighted by Crippen LogP contribution is -2.20. The lowest BCUT2D eigenvalue weighted by Gasteiger charge is -2.18. The number of aromatic nitrogens is 2. The molecule has 1 aliphatic rings. The zero-order valence-corrected chi connectivity index (χ0v) is 17.6. The van der Waals surface area contributed by atoms with Crippen molar-refractivity contribution in [1.29, 1.82) is 0 Å². The van der Waals surface area contributed by atoms with E-state index < -0.39 is 0 Å². The van der Waals surface area contributed by atoms with Gasteiger partial charge in [-0.05, 0) is 61.4 Å². The summed E-state index contributed by atoms with van der Waals surface area (Å²) >= 11 is 1.52. The highest BCUT2D eigenvalue weighted by molar-refractivity contribution is 7.17. The number of fused-ring (bicyclic) bond motifs is 1. The van der Waals surface area contributed by atoms with Gasteiger partial charge in [0.25, 0.3) is 11.8 Å². The van der Waals surface area contributed by atoms with Crippen LogP contribution in [0.1, 0.15) is 50.2 Å². The molecule has 0 radical (unpaired) electrons. The van der Waals surface area contributed by atoms with E-state index in [0.717, 1.165) is 36.1 Å². The highest BCUT2D eigenvalue weighted by Gasteiger charge is 2.29. The molecule has 6 nitrogen and oxygen atoms in total. The van der Waals surface area contributed by atoms with Crippen molar-refractivity contribution in [3.05, 3.63) is 63.8 Å². The Morgan fingerprint density at radius 1 is 1.21 bits per heavy atom. The summed E-state index contributed by atoms with van der Waals surface area (Å²) in [6.07, 6.45) is 4.42. The van der Waals surface area contributed by atoms with E-state index in [1.54, 1.807) is 19.3 Å². The first-order chi connectivity index (χ1) is 13.9. The second-order valence-electron chi connectivity index (χ2n) is 7.67. The molecule has 0 bridgehead atoms. The van der Waals surface area contributed by atoms with Gasteiger partial charge < -0.3 is 10.6 Å². The molecule has 0 fully saturated rings. The summed E-state index contributed by atoms with van der Waals surface area (Å²) in [6, 6.07) is 9.38. The standard InChI is InChI=1S/C22H24N4O2S/c1-13-5-4-6-15(11-13)24-21(28)19-16-8-7-14(2)12-18(16)29-22(19)25-20(27)17-9-10-23-26(17)3/h4-6,9-11,14H,7-8,12H2,1-3H3,(H,24,28)(H,25,27). The summed E-state index contributed by atoms with van der Waals surface area (Å²) in [5.41, 5.74) is 3.94. The molecule has 2 aromatic heterocycles. The fraction of sp³-hybridized carbons (Fsp3) is 0.318. The zero-order chi connectivity index (χ0) is 20.5. The lowest BCUT2D eigenvalue weighted by molar-refractivity contribution is 0.101. The first-order valence-corrected chi connectivity index (χ1v) is 10.6. The van der Waals surface area contributed by atoms with Crippen LogP contribution in [-0.2, 0) is 19.9 Å². The number of aryl methyl sites for hydroxylation is 2. The maximum Gasteiger partial charge on any atom is 0.274 e. The van der Waals surface area contributed by atoms with Gasteiger partial charge in [-0.1, -0.05) is 19.1 Å². The van der Waals surface area contributed by atoms with E-state index in [1.165, 1.54) is 20.9 Å². The third kappa shape index (κ3) is 3.96. The van der Waals surface area contributed by atoms with Crippen LogP contribution in [0.25, 0.3) is 0 Å². The van der Waals surface area contributed by atoms with Crippen molar-refractivity contribution in [2.24, 2.45) is 13.0 Å². The van der Waals surface area contributed by atoms with E-state index in [0.29, 0.717) is 22.2 Å². The van der Waals surface area contributed by atoms with Crippen LogP contribution < -0.4 is 10.6 Å². The average molecular weight is 409 g/mol. The van der Waals surface area contributed by atoms with E-state index >= 15 is 0 Å². The fourth-order valence-electron chi connectivity index (χ4n) is 3.76. The molecular formula is C22H24N4O2S. The first kappa shape index (κ1) is 19.4. The Balaban J connectivity index is 1.68. The third-order valence-corrected chi connectivity index (χ3v) is 6.47. The number of anilines is 2. The molecule has 1 aromatic carbocycles. The van der Waals surface area contributed by atoms with Crippen molar-refractivity contribution in [1.82, 2.24) is 9.78 Å². The Kier molecular flexibility index (Phi) is 5.24. The molecular weight excluding hydrogens is 384 g/mol. The molecule has 0 spiro atoms. The molecule has 2 heterocycles. The Labute approximate surface area is 173 Å². The second-order valence-corrected chi connectivity index (χ2v) is 8.78. The number of carbonyl (C=O) groups excluding carboxylic acids is 2. The van der Waals surface area contributed by atoms with Gasteiger partial charge >= 0.3 is 0 Å². The quantitative estimate of drug-likeness (QED) is 0.671. The van der Waals surface area contributed by atoms with Gasteiger partial charge in [0.1, 0.15) is 10.7 Å². The molecule has 1 unspecified atom stereocenters. The number of hydrogen-bond donors (Lipinski definition) is 2. The zero-order valence-electron chi connectivity index (χ0n) is 16.8. The van der Waals surface area contributed by atoms with Gasteiger partial charge in [-0.3, -0.25) is 14.3 Å². The number of carbonyl (C=O) groups is 2. The first-order valence-electron chi connectivity index (χ1n) is 9.74. The van der Waals surface area contributed by atoms with Crippen LogP contribution in [0.5, 0.6) is 0 Å². The van der Waals surface area contributed by atoms with Crippen LogP contribution in [-0.4, -0.2) is 21.6 Å². The minimum absolute atomic E-state index is 0.178. The van der Waals surface area contributed by atoms with Gasteiger partial charge in [0, 0.05) is 23.8 Å². The van der Waals surface area contributed by atoms with Gasteiger partial charge in [0.2, 0.25) is 0 Å². The van der Waals surface area contributed by atoms with Gasteiger partial charge in [-0.2, -0.15) is 5.10 Å². The van der Waals surface area contributed by atoms with Crippen LogP contribution in [0.15, 0.2) is 36.5 Å². The molecule has 0 aliphatic heterocycles. The van der Waals surface area contributed by atoms with E-state index in [-0.39, 0.29) is 11.8 Å². The van der Waals surface area contributed by atoms with Crippen molar-refractivity contribution in [2.75, 3.05) is 10.6 Å². The maximum absolute atomic E-state index is 13.2. The Morgan fingerprint density at radius 3 is 2.76 bits per heavy atom. The number of nitrogens with one attached hydrogen (secondary N) is 2. The molecule has 1 aliphatic carbocycles. The normalized spacial score (nSPS) is 15.6. The van der Waals surface area contributed by atoms with Crippen LogP contribution in [0, 0.1) is 12.8 Å². The predicted octanol–water partition coefficient (Wildman–Crippen LogP) is 4.42. The highest BCUT2D eigenvalue weighted by atomic mass is 32.1. The second kappa shape index (κ2) is 7.83. The molecule has 0 saturated heterocycles. The topological polar surface area (TPSA) is 76.0 Å². The summed E-state index contributed by atoms with van der Waals surface area (Å²) < 4.78 is 1.53. The Hall–Kier alpha value is -2.93. The van der Waals surface area contributed by atoms with Crippen LogP contribution >= 0.6 is 11.3 Å². The van der Waals surface area contributed by atoms with Crippen molar-refractivity contribution >= 4 is 33.8 Å². The molecule has 2 amide bonds. The van der Waals surface area contributed by atoms with Crippen molar-refractivity contribution in [3.63, 3.8) is 0 Å². The average Bonchev–Trinajstić information content (AvgIpc) is 3.24. The molecule has 2 N–H and O–H groups in total. The number of benzene rings is 1. The molecule has 29 heavy (non-hydrogen) atoms. The van der Waals surface area contributed by atoms with E-state index in [1.807, 2.05) is 31.2 Å². The molecule has 1 atom stereocenters. The van der Waals surface area contributed by atoms with E-state index in [2.05, 4.69) is 22.7 Å². The van der Waals surface area contributed by atoms with Crippen molar-refractivity contribution < 1.29 is 9.59 Å². The van der Waals surface area contributed by atoms with Gasteiger partial charge in [-0.25, -0.2) is 0 Å². The van der Waals surface area contributed by atoms with Gasteiger partial charge in [0.15, 0.2) is 0 Å². The number of thiophene rings is 1. The van der Waals surface area contributed by atoms with Crippen LogP contribution in [0.2, 0.25) is 0 Å². The molecule has 3 aromatic rings. The smallest absolute Gasteiger partial charge is 0.274 e. The van der Waals surface area contributed by atoms with Crippen molar-refractivity contribution in [2.45, 2.75) is 33.1 Å². The Morgan fingerprint density at radius 2 is 2.03 bits per heavy atom. The summed E-state index contributed by atoms with van der Waals surface area (Å²) in [6.45, 7) is 4.21. The van der Waals surface area contributed by atoms with Gasteiger partial charge in [0.05, 0.1) is 5.56 Å². The molecule has 7 heteroatoms. The predicted molar refractivity (Wildman–Crippen MR) is 116 cm³/mol. The van der Waals surface area contributed by atoms with Crippen LogP contribution in [0.3, 0.4) is 0 Å². The SMILES string of the molecule is Cc1cccc(NC(=O)c2c(NC(=O)c3ccnn3C)sc3c2CCC(C)C3)c1. The fourth-order valence-corrected chi connectivity index (χ4v) is 5.16. The number of nitrogens with zero attached hydrogens (tertiary/aromatic N) is 2. The monoisotopic (exact) mass is 408 g/mol.